The molecule has 0 aliphatic carbocycles. The van der Waals surface area contributed by atoms with Gasteiger partial charge in [-0.15, -0.1) is 0 Å². The van der Waals surface area contributed by atoms with Gasteiger partial charge in [0, 0.05) is 12.1 Å². The summed E-state index contributed by atoms with van der Waals surface area (Å²) in [7, 11) is 0. The topological polar surface area (TPSA) is 201 Å². The molecule has 14 heteroatoms. The minimum Gasteiger partial charge on any atom is -0.501 e. The molecule has 0 aromatic heterocycles. The Balaban J connectivity index is 0.000000300. The standard InChI is InChI=1S/2C8H6INO5/c9-5-1-4(3-7(11)12)2-6(8(5)13)10(14)15;9-8(13,7(11)12)5-3-1-2-4-6(5)10(14)15/h1-2,13H,3H2,(H,11,12);1-4,13H,(H,11,12). The summed E-state index contributed by atoms with van der Waals surface area (Å²) in [6.45, 7) is 0. The van der Waals surface area contributed by atoms with E-state index in [2.05, 4.69) is 0 Å². The van der Waals surface area contributed by atoms with E-state index in [-0.39, 0.29) is 21.1 Å². The van der Waals surface area contributed by atoms with Gasteiger partial charge in [0.05, 0.1) is 25.4 Å². The molecular weight excluding hydrogens is 634 g/mol. The molecule has 0 radical (unpaired) electrons. The number of hydrogen-bond donors (Lipinski definition) is 4. The van der Waals surface area contributed by atoms with Gasteiger partial charge in [-0.2, -0.15) is 0 Å². The van der Waals surface area contributed by atoms with E-state index in [4.69, 9.17) is 10.2 Å². The van der Waals surface area contributed by atoms with E-state index in [0.29, 0.717) is 0 Å². The number of carbonyl (C=O) groups is 2. The highest BCUT2D eigenvalue weighted by molar-refractivity contribution is 14.1. The number of carboxylic acid groups (broad SMARTS) is 2. The van der Waals surface area contributed by atoms with Crippen LogP contribution in [0.1, 0.15) is 11.1 Å². The van der Waals surface area contributed by atoms with Crippen molar-refractivity contribution in [3.63, 3.8) is 0 Å². The van der Waals surface area contributed by atoms with Crippen molar-refractivity contribution in [1.29, 1.82) is 0 Å². The molecule has 2 aromatic rings. The summed E-state index contributed by atoms with van der Waals surface area (Å²) in [5.41, 5.74) is -0.852. The molecule has 1 unspecified atom stereocenters. The average Bonchev–Trinajstić information content (AvgIpc) is 2.64. The second kappa shape index (κ2) is 10.4. The number of carboxylic acids is 2. The molecule has 0 heterocycles. The summed E-state index contributed by atoms with van der Waals surface area (Å²) in [4.78, 5) is 40.7. The van der Waals surface area contributed by atoms with Crippen LogP contribution in [-0.4, -0.2) is 42.2 Å². The largest absolute Gasteiger partial charge is 0.501 e. The first-order valence-corrected chi connectivity index (χ1v) is 9.70. The maximum atomic E-state index is 10.7. The SMILES string of the molecule is O=C(O)C(O)(I)c1ccccc1[N+](=O)[O-].O=C(O)Cc1cc(I)c(O)c([N+](=O)[O-])c1. The average molecular weight is 646 g/mol. The summed E-state index contributed by atoms with van der Waals surface area (Å²) in [5, 5.41) is 57.2. The summed E-state index contributed by atoms with van der Waals surface area (Å²) in [6.07, 6.45) is -0.308. The minimum atomic E-state index is -2.29. The van der Waals surface area contributed by atoms with Crippen LogP contribution in [0.2, 0.25) is 0 Å². The Morgan fingerprint density at radius 1 is 1.03 bits per heavy atom. The van der Waals surface area contributed by atoms with Crippen LogP contribution in [0.25, 0.3) is 0 Å². The van der Waals surface area contributed by atoms with Gasteiger partial charge in [-0.3, -0.25) is 25.0 Å². The lowest BCUT2D eigenvalue weighted by molar-refractivity contribution is -0.386. The van der Waals surface area contributed by atoms with Crippen molar-refractivity contribution in [3.8, 4) is 5.75 Å². The van der Waals surface area contributed by atoms with Crippen LogP contribution < -0.4 is 0 Å². The zero-order valence-electron chi connectivity index (χ0n) is 14.6. The van der Waals surface area contributed by atoms with E-state index in [0.717, 1.165) is 12.1 Å². The number of aliphatic carboxylic acids is 2. The van der Waals surface area contributed by atoms with Crippen molar-refractivity contribution in [3.05, 3.63) is 71.3 Å². The van der Waals surface area contributed by atoms with Crippen LogP contribution in [0.4, 0.5) is 11.4 Å². The van der Waals surface area contributed by atoms with E-state index in [1.165, 1.54) is 46.9 Å². The fourth-order valence-electron chi connectivity index (χ4n) is 2.08. The lowest BCUT2D eigenvalue weighted by atomic mass is 10.1. The number of nitro benzene ring substituents is 2. The Kier molecular flexibility index (Phi) is 8.85. The van der Waals surface area contributed by atoms with Gasteiger partial charge >= 0.3 is 17.6 Å². The molecule has 2 rings (SSSR count). The molecular formula is C16H12I2N2O10. The van der Waals surface area contributed by atoms with Crippen LogP contribution in [0.3, 0.4) is 0 Å². The molecule has 0 saturated carbocycles. The van der Waals surface area contributed by atoms with Crippen LogP contribution >= 0.6 is 45.2 Å². The highest BCUT2D eigenvalue weighted by Gasteiger charge is 2.40. The van der Waals surface area contributed by atoms with Gasteiger partial charge in [-0.1, -0.05) is 12.1 Å². The zero-order chi connectivity index (χ0) is 23.2. The van der Waals surface area contributed by atoms with E-state index in [1.54, 1.807) is 22.6 Å². The van der Waals surface area contributed by atoms with Gasteiger partial charge < -0.3 is 20.4 Å². The predicted molar refractivity (Wildman–Crippen MR) is 117 cm³/mol. The number of nitrogens with zero attached hydrogens (tertiary/aromatic N) is 2. The smallest absolute Gasteiger partial charge is 0.351 e. The number of aliphatic hydroxyl groups is 1. The van der Waals surface area contributed by atoms with E-state index in [9.17, 15) is 40.0 Å². The first-order valence-electron chi connectivity index (χ1n) is 7.55. The summed E-state index contributed by atoms with van der Waals surface area (Å²) in [5.74, 6) is -3.06. The molecule has 0 spiro atoms. The third kappa shape index (κ3) is 6.46. The van der Waals surface area contributed by atoms with Crippen LogP contribution in [0, 0.1) is 23.8 Å². The molecule has 2 aromatic carbocycles. The number of halogens is 2. The Labute approximate surface area is 194 Å². The van der Waals surface area contributed by atoms with E-state index in [1.807, 2.05) is 0 Å². The fourth-order valence-corrected chi connectivity index (χ4v) is 3.22. The number of alkyl halides is 1. The van der Waals surface area contributed by atoms with Gasteiger partial charge in [0.25, 0.3) is 5.69 Å². The summed E-state index contributed by atoms with van der Waals surface area (Å²) < 4.78 is -2.03. The number of hydrogen-bond acceptors (Lipinski definition) is 8. The lowest BCUT2D eigenvalue weighted by Gasteiger charge is -2.15. The Bertz CT molecular complexity index is 1010. The molecule has 0 bridgehead atoms. The summed E-state index contributed by atoms with van der Waals surface area (Å²) in [6, 6.07) is 7.63. The molecule has 0 aliphatic heterocycles. The highest BCUT2D eigenvalue weighted by atomic mass is 127. The number of phenols is 1. The molecule has 12 nitrogen and oxygen atoms in total. The van der Waals surface area contributed by atoms with Crippen LogP contribution in [0.5, 0.6) is 5.75 Å². The van der Waals surface area contributed by atoms with Crippen molar-refractivity contribution in [2.24, 2.45) is 0 Å². The van der Waals surface area contributed by atoms with Crippen molar-refractivity contribution in [1.82, 2.24) is 0 Å². The molecule has 0 fully saturated rings. The quantitative estimate of drug-likeness (QED) is 0.157. The zero-order valence-corrected chi connectivity index (χ0v) is 18.9. The van der Waals surface area contributed by atoms with Crippen molar-refractivity contribution >= 4 is 68.5 Å². The molecule has 4 N–H and O–H groups in total. The molecule has 0 saturated heterocycles. The van der Waals surface area contributed by atoms with Gasteiger partial charge in [0.15, 0.2) is 0 Å². The number of benzene rings is 2. The maximum Gasteiger partial charge on any atom is 0.351 e. The third-order valence-corrected chi connectivity index (χ3v) is 5.26. The molecule has 1 atom stereocenters. The van der Waals surface area contributed by atoms with Gasteiger partial charge in [0.2, 0.25) is 9.36 Å². The van der Waals surface area contributed by atoms with Crippen LogP contribution in [0.15, 0.2) is 36.4 Å². The highest BCUT2D eigenvalue weighted by Crippen LogP contribution is 2.35. The van der Waals surface area contributed by atoms with Gasteiger partial charge in [-0.05, 0) is 62.9 Å². The molecule has 0 aliphatic rings. The van der Waals surface area contributed by atoms with Crippen molar-refractivity contribution in [2.75, 3.05) is 0 Å². The number of aromatic hydroxyl groups is 1. The monoisotopic (exact) mass is 646 g/mol. The third-order valence-electron chi connectivity index (χ3n) is 3.40. The lowest BCUT2D eigenvalue weighted by Crippen LogP contribution is -2.29. The second-order valence-electron chi connectivity index (χ2n) is 5.47. The first-order chi connectivity index (χ1) is 13.8. The molecule has 30 heavy (non-hydrogen) atoms. The predicted octanol–water partition coefficient (Wildman–Crippen LogP) is 2.79. The molecule has 160 valence electrons. The van der Waals surface area contributed by atoms with Crippen molar-refractivity contribution < 1.29 is 39.9 Å². The Morgan fingerprint density at radius 3 is 2.03 bits per heavy atom. The Morgan fingerprint density at radius 2 is 1.57 bits per heavy atom. The Hall–Kier alpha value is -2.60. The normalized spacial score (nSPS) is 12.1. The number of rotatable bonds is 6. The van der Waals surface area contributed by atoms with Gasteiger partial charge in [-0.25, -0.2) is 4.79 Å². The van der Waals surface area contributed by atoms with E-state index >= 15 is 0 Å². The van der Waals surface area contributed by atoms with E-state index < -0.39 is 42.5 Å². The minimum absolute atomic E-state index is 0.247. The number of nitro groups is 2. The fraction of sp³-hybridized carbons (Fsp3) is 0.125. The number of para-hydroxylation sites is 1. The van der Waals surface area contributed by atoms with Gasteiger partial charge in [0.1, 0.15) is 0 Å². The molecule has 0 amide bonds. The first kappa shape index (κ1) is 25.4. The van der Waals surface area contributed by atoms with Crippen molar-refractivity contribution in [2.45, 2.75) is 10.0 Å². The summed E-state index contributed by atoms with van der Waals surface area (Å²) >= 11 is 2.95. The second-order valence-corrected chi connectivity index (χ2v) is 8.20. The van der Waals surface area contributed by atoms with Crippen LogP contribution in [-0.2, 0) is 19.6 Å². The maximum absolute atomic E-state index is 10.7. The number of phenolic OH excluding ortho intramolecular Hbond substituents is 1.